The Hall–Kier alpha value is -2.45. The maximum absolute atomic E-state index is 12.7. The third-order valence-corrected chi connectivity index (χ3v) is 5.10. The van der Waals surface area contributed by atoms with Crippen LogP contribution in [-0.2, 0) is 11.3 Å². The highest BCUT2D eigenvalue weighted by Crippen LogP contribution is 2.34. The normalized spacial score (nSPS) is 11.0. The number of rotatable bonds is 7. The molecule has 0 atom stereocenters. The summed E-state index contributed by atoms with van der Waals surface area (Å²) in [4.78, 5) is 24.5. The van der Waals surface area contributed by atoms with Gasteiger partial charge in [-0.05, 0) is 24.6 Å². The molecule has 0 unspecified atom stereocenters. The van der Waals surface area contributed by atoms with E-state index < -0.39 is 0 Å². The molecule has 0 aliphatic heterocycles. The molecule has 0 aliphatic rings. The molecule has 0 aromatic carbocycles. The largest absolute Gasteiger partial charge is 0.467 e. The summed E-state index contributed by atoms with van der Waals surface area (Å²) in [6.45, 7) is 3.49. The van der Waals surface area contributed by atoms with Gasteiger partial charge in [-0.2, -0.15) is 0 Å². The molecule has 0 saturated carbocycles. The van der Waals surface area contributed by atoms with Gasteiger partial charge in [0.15, 0.2) is 0 Å². The molecule has 132 valence electrons. The number of methoxy groups -OCH3 is 1. The second kappa shape index (κ2) is 7.62. The third-order valence-electron chi connectivity index (χ3n) is 3.91. The van der Waals surface area contributed by atoms with Gasteiger partial charge in [0.1, 0.15) is 22.7 Å². The smallest absolute Gasteiger partial charge is 0.264 e. The second-order valence-corrected chi connectivity index (χ2v) is 6.61. The van der Waals surface area contributed by atoms with Crippen LogP contribution in [0.3, 0.4) is 0 Å². The molecule has 0 bridgehead atoms. The van der Waals surface area contributed by atoms with Gasteiger partial charge in [-0.3, -0.25) is 4.79 Å². The molecule has 0 saturated heterocycles. The predicted molar refractivity (Wildman–Crippen MR) is 97.0 cm³/mol. The topological polar surface area (TPSA) is 80.5 Å². The SMILES string of the molecule is COCCN(C)C(=O)c1sc2ncnc(NCc3ccco3)c2c1C. The third kappa shape index (κ3) is 3.64. The highest BCUT2D eigenvalue weighted by molar-refractivity contribution is 7.20. The van der Waals surface area contributed by atoms with Crippen LogP contribution in [0.15, 0.2) is 29.1 Å². The number of nitrogens with zero attached hydrogens (tertiary/aromatic N) is 3. The Morgan fingerprint density at radius 3 is 3.00 bits per heavy atom. The van der Waals surface area contributed by atoms with Crippen LogP contribution in [0.4, 0.5) is 5.82 Å². The fraction of sp³-hybridized carbons (Fsp3) is 0.353. The van der Waals surface area contributed by atoms with Crippen molar-refractivity contribution in [2.45, 2.75) is 13.5 Å². The molecule has 1 N–H and O–H groups in total. The van der Waals surface area contributed by atoms with E-state index in [2.05, 4.69) is 15.3 Å². The van der Waals surface area contributed by atoms with E-state index in [1.54, 1.807) is 25.3 Å². The Morgan fingerprint density at radius 1 is 1.44 bits per heavy atom. The summed E-state index contributed by atoms with van der Waals surface area (Å²) in [5.74, 6) is 1.48. The number of fused-ring (bicyclic) bond motifs is 1. The average molecular weight is 360 g/mol. The molecular formula is C17H20N4O3S. The monoisotopic (exact) mass is 360 g/mol. The first kappa shape index (κ1) is 17.4. The standard InChI is InChI=1S/C17H20N4O3S/c1-11-13-15(18-9-12-5-4-7-24-12)19-10-20-16(13)25-14(11)17(22)21(2)6-8-23-3/h4-5,7,10H,6,8-9H2,1-3H3,(H,18,19,20). The van der Waals surface area contributed by atoms with E-state index in [4.69, 9.17) is 9.15 Å². The second-order valence-electron chi connectivity index (χ2n) is 5.61. The summed E-state index contributed by atoms with van der Waals surface area (Å²) < 4.78 is 10.4. The van der Waals surface area contributed by atoms with Crippen molar-refractivity contribution in [2.75, 3.05) is 32.6 Å². The number of furan rings is 1. The van der Waals surface area contributed by atoms with Crippen molar-refractivity contribution in [2.24, 2.45) is 0 Å². The van der Waals surface area contributed by atoms with Gasteiger partial charge in [0.25, 0.3) is 5.91 Å². The van der Waals surface area contributed by atoms with Gasteiger partial charge in [0, 0.05) is 20.7 Å². The molecule has 0 radical (unpaired) electrons. The molecule has 3 aromatic rings. The zero-order valence-electron chi connectivity index (χ0n) is 14.4. The lowest BCUT2D eigenvalue weighted by atomic mass is 10.2. The number of hydrogen-bond donors (Lipinski definition) is 1. The Morgan fingerprint density at radius 2 is 2.28 bits per heavy atom. The van der Waals surface area contributed by atoms with E-state index in [-0.39, 0.29) is 5.91 Å². The molecule has 3 heterocycles. The van der Waals surface area contributed by atoms with Gasteiger partial charge in [-0.25, -0.2) is 9.97 Å². The molecule has 0 spiro atoms. The van der Waals surface area contributed by atoms with Crippen LogP contribution < -0.4 is 5.32 Å². The van der Waals surface area contributed by atoms with Gasteiger partial charge in [0.05, 0.1) is 29.7 Å². The number of thiophene rings is 1. The van der Waals surface area contributed by atoms with Gasteiger partial charge < -0.3 is 19.4 Å². The van der Waals surface area contributed by atoms with E-state index in [1.165, 1.54) is 17.7 Å². The summed E-state index contributed by atoms with van der Waals surface area (Å²) in [5.41, 5.74) is 0.886. The van der Waals surface area contributed by atoms with Crippen molar-refractivity contribution in [3.8, 4) is 0 Å². The number of nitrogens with one attached hydrogen (secondary N) is 1. The Bertz CT molecular complexity index is 860. The summed E-state index contributed by atoms with van der Waals surface area (Å²) in [6.07, 6.45) is 3.14. The van der Waals surface area contributed by atoms with Crippen LogP contribution in [0, 0.1) is 6.92 Å². The molecule has 25 heavy (non-hydrogen) atoms. The van der Waals surface area contributed by atoms with Gasteiger partial charge in [-0.1, -0.05) is 0 Å². The molecule has 8 heteroatoms. The molecule has 1 amide bonds. The Kier molecular flexibility index (Phi) is 5.30. The first-order chi connectivity index (χ1) is 12.1. The number of carbonyl (C=O) groups excluding carboxylic acids is 1. The molecule has 7 nitrogen and oxygen atoms in total. The van der Waals surface area contributed by atoms with Crippen molar-refractivity contribution < 1.29 is 13.9 Å². The number of amides is 1. The quantitative estimate of drug-likeness (QED) is 0.698. The first-order valence-corrected chi connectivity index (χ1v) is 8.68. The van der Waals surface area contributed by atoms with Crippen LogP contribution in [0.25, 0.3) is 10.2 Å². The first-order valence-electron chi connectivity index (χ1n) is 7.86. The molecule has 0 fully saturated rings. The van der Waals surface area contributed by atoms with E-state index in [0.29, 0.717) is 30.4 Å². The fourth-order valence-corrected chi connectivity index (χ4v) is 3.64. The molecule has 3 rings (SSSR count). The summed E-state index contributed by atoms with van der Waals surface area (Å²) in [5, 5.41) is 4.14. The molecular weight excluding hydrogens is 340 g/mol. The lowest BCUT2D eigenvalue weighted by molar-refractivity contribution is 0.0748. The van der Waals surface area contributed by atoms with Gasteiger partial charge in [-0.15, -0.1) is 11.3 Å². The van der Waals surface area contributed by atoms with Crippen molar-refractivity contribution in [3.63, 3.8) is 0 Å². The van der Waals surface area contributed by atoms with E-state index in [1.807, 2.05) is 19.1 Å². The van der Waals surface area contributed by atoms with Crippen LogP contribution in [0.1, 0.15) is 21.0 Å². The highest BCUT2D eigenvalue weighted by atomic mass is 32.1. The van der Waals surface area contributed by atoms with E-state index in [0.717, 1.165) is 21.5 Å². The number of hydrogen-bond acceptors (Lipinski definition) is 7. The minimum absolute atomic E-state index is 0.0328. The minimum atomic E-state index is -0.0328. The lowest BCUT2D eigenvalue weighted by Gasteiger charge is -2.16. The Labute approximate surface area is 149 Å². The maximum Gasteiger partial charge on any atom is 0.264 e. The summed E-state index contributed by atoms with van der Waals surface area (Å²) in [7, 11) is 3.39. The number of anilines is 1. The zero-order valence-corrected chi connectivity index (χ0v) is 15.2. The van der Waals surface area contributed by atoms with Crippen LogP contribution >= 0.6 is 11.3 Å². The zero-order chi connectivity index (χ0) is 17.8. The predicted octanol–water partition coefficient (Wildman–Crippen LogP) is 2.92. The summed E-state index contributed by atoms with van der Waals surface area (Å²) in [6, 6.07) is 3.74. The van der Waals surface area contributed by atoms with E-state index in [9.17, 15) is 4.79 Å². The van der Waals surface area contributed by atoms with Crippen LogP contribution in [0.2, 0.25) is 0 Å². The van der Waals surface area contributed by atoms with Gasteiger partial charge >= 0.3 is 0 Å². The molecule has 0 aliphatic carbocycles. The van der Waals surface area contributed by atoms with Crippen LogP contribution in [-0.4, -0.2) is 48.1 Å². The van der Waals surface area contributed by atoms with Crippen molar-refractivity contribution >= 4 is 33.3 Å². The minimum Gasteiger partial charge on any atom is -0.467 e. The van der Waals surface area contributed by atoms with Crippen molar-refractivity contribution in [3.05, 3.63) is 40.9 Å². The highest BCUT2D eigenvalue weighted by Gasteiger charge is 2.21. The van der Waals surface area contributed by atoms with Crippen LogP contribution in [0.5, 0.6) is 0 Å². The summed E-state index contributed by atoms with van der Waals surface area (Å²) >= 11 is 1.38. The number of aryl methyl sites for hydroxylation is 1. The van der Waals surface area contributed by atoms with Gasteiger partial charge in [0.2, 0.25) is 0 Å². The van der Waals surface area contributed by atoms with Crippen molar-refractivity contribution in [1.82, 2.24) is 14.9 Å². The van der Waals surface area contributed by atoms with Crippen molar-refractivity contribution in [1.29, 1.82) is 0 Å². The number of aromatic nitrogens is 2. The number of likely N-dealkylation sites (N-methyl/N-ethyl adjacent to an activating group) is 1. The maximum atomic E-state index is 12.7. The lowest BCUT2D eigenvalue weighted by Crippen LogP contribution is -2.29. The molecule has 3 aromatic heterocycles. The van der Waals surface area contributed by atoms with E-state index >= 15 is 0 Å². The average Bonchev–Trinajstić information content (AvgIpc) is 3.25. The Balaban J connectivity index is 1.88. The number of ether oxygens (including phenoxy) is 1. The fourth-order valence-electron chi connectivity index (χ4n) is 2.50. The number of carbonyl (C=O) groups is 1.